The first-order valence-corrected chi connectivity index (χ1v) is 5.53. The monoisotopic (exact) mass is 246 g/mol. The van der Waals surface area contributed by atoms with Gasteiger partial charge in [-0.1, -0.05) is 0 Å². The molecule has 0 amide bonds. The number of aryl methyl sites for hydroxylation is 1. The Balaban J connectivity index is 2.11. The van der Waals surface area contributed by atoms with E-state index >= 15 is 0 Å². The number of anilines is 1. The van der Waals surface area contributed by atoms with Gasteiger partial charge in [0, 0.05) is 6.20 Å². The van der Waals surface area contributed by atoms with Gasteiger partial charge in [0.15, 0.2) is 0 Å². The van der Waals surface area contributed by atoms with Crippen LogP contribution in [0.2, 0.25) is 0 Å². The highest BCUT2D eigenvalue weighted by atomic mass is 16.5. The fourth-order valence-corrected chi connectivity index (χ4v) is 1.57. The molecule has 0 saturated heterocycles. The number of nitrogens with zero attached hydrogens (tertiary/aromatic N) is 1. The van der Waals surface area contributed by atoms with Crippen LogP contribution >= 0.6 is 0 Å². The van der Waals surface area contributed by atoms with Crippen molar-refractivity contribution in [3.8, 4) is 0 Å². The van der Waals surface area contributed by atoms with Crippen molar-refractivity contribution in [3.05, 3.63) is 47.5 Å². The summed E-state index contributed by atoms with van der Waals surface area (Å²) in [5.74, 6) is 1.70. The number of pyridine rings is 1. The fourth-order valence-electron chi connectivity index (χ4n) is 1.57. The molecule has 0 unspecified atom stereocenters. The van der Waals surface area contributed by atoms with Crippen molar-refractivity contribution in [2.45, 2.75) is 13.5 Å². The third-order valence-electron chi connectivity index (χ3n) is 2.44. The lowest BCUT2D eigenvalue weighted by Crippen LogP contribution is -2.09. The lowest BCUT2D eigenvalue weighted by Gasteiger charge is -2.07. The van der Waals surface area contributed by atoms with Crippen molar-refractivity contribution in [1.29, 1.82) is 0 Å². The predicted octanol–water partition coefficient (Wildman–Crippen LogP) is 2.38. The van der Waals surface area contributed by atoms with Crippen LogP contribution in [0, 0.1) is 6.92 Å². The summed E-state index contributed by atoms with van der Waals surface area (Å²) in [4.78, 5) is 15.6. The van der Waals surface area contributed by atoms with Crippen molar-refractivity contribution in [3.63, 3.8) is 0 Å². The maximum Gasteiger partial charge on any atom is 0.341 e. The summed E-state index contributed by atoms with van der Waals surface area (Å²) >= 11 is 0. The van der Waals surface area contributed by atoms with Crippen LogP contribution in [0.4, 0.5) is 5.82 Å². The lowest BCUT2D eigenvalue weighted by atomic mass is 10.2. The zero-order chi connectivity index (χ0) is 13.0. The van der Waals surface area contributed by atoms with Gasteiger partial charge in [0.2, 0.25) is 0 Å². The van der Waals surface area contributed by atoms with Crippen LogP contribution in [0.25, 0.3) is 0 Å². The first kappa shape index (κ1) is 12.2. The van der Waals surface area contributed by atoms with Gasteiger partial charge in [-0.2, -0.15) is 0 Å². The number of aromatic nitrogens is 1. The van der Waals surface area contributed by atoms with Gasteiger partial charge in [-0.25, -0.2) is 9.78 Å². The molecule has 0 aliphatic rings. The third kappa shape index (κ3) is 2.68. The molecular weight excluding hydrogens is 232 g/mol. The van der Waals surface area contributed by atoms with E-state index in [9.17, 15) is 4.79 Å². The normalized spacial score (nSPS) is 10.1. The lowest BCUT2D eigenvalue weighted by molar-refractivity contribution is 0.0601. The quantitative estimate of drug-likeness (QED) is 0.839. The van der Waals surface area contributed by atoms with Crippen molar-refractivity contribution in [2.24, 2.45) is 0 Å². The molecule has 0 aromatic carbocycles. The highest BCUT2D eigenvalue weighted by Gasteiger charge is 2.12. The highest BCUT2D eigenvalue weighted by molar-refractivity contribution is 5.94. The minimum Gasteiger partial charge on any atom is -0.465 e. The van der Waals surface area contributed by atoms with E-state index in [1.165, 1.54) is 7.11 Å². The molecular formula is C13H14N2O3. The number of hydrogen-bond donors (Lipinski definition) is 1. The number of ether oxygens (including phenoxy) is 1. The van der Waals surface area contributed by atoms with E-state index < -0.39 is 5.97 Å². The molecule has 2 rings (SSSR count). The van der Waals surface area contributed by atoms with E-state index in [2.05, 4.69) is 10.3 Å². The zero-order valence-corrected chi connectivity index (χ0v) is 10.3. The molecule has 2 aromatic rings. The third-order valence-corrected chi connectivity index (χ3v) is 2.44. The van der Waals surface area contributed by atoms with Crippen LogP contribution in [0.15, 0.2) is 34.9 Å². The van der Waals surface area contributed by atoms with E-state index in [0.717, 1.165) is 11.5 Å². The van der Waals surface area contributed by atoms with Crippen molar-refractivity contribution >= 4 is 11.8 Å². The first-order valence-electron chi connectivity index (χ1n) is 5.53. The summed E-state index contributed by atoms with van der Waals surface area (Å²) in [6.45, 7) is 2.35. The molecule has 1 N–H and O–H groups in total. The molecule has 2 heterocycles. The molecule has 18 heavy (non-hydrogen) atoms. The van der Waals surface area contributed by atoms with E-state index in [1.54, 1.807) is 18.3 Å². The Morgan fingerprint density at radius 2 is 2.28 bits per heavy atom. The Morgan fingerprint density at radius 3 is 2.94 bits per heavy atom. The molecule has 0 atom stereocenters. The largest absolute Gasteiger partial charge is 0.465 e. The van der Waals surface area contributed by atoms with Gasteiger partial charge in [0.05, 0.1) is 13.7 Å². The summed E-state index contributed by atoms with van der Waals surface area (Å²) < 4.78 is 10.1. The second kappa shape index (κ2) is 5.35. The van der Waals surface area contributed by atoms with E-state index in [1.807, 2.05) is 19.1 Å². The van der Waals surface area contributed by atoms with Gasteiger partial charge in [-0.05, 0) is 31.2 Å². The number of esters is 1. The molecule has 0 bridgehead atoms. The standard InChI is InChI=1S/C13H14N2O3/c1-9-5-6-10(18-9)8-15-12-11(13(16)17-2)4-3-7-14-12/h3-7H,8H2,1-2H3,(H,14,15). The van der Waals surface area contributed by atoms with E-state index in [-0.39, 0.29) is 0 Å². The van der Waals surface area contributed by atoms with Gasteiger partial charge in [-0.15, -0.1) is 0 Å². The average molecular weight is 246 g/mol. The van der Waals surface area contributed by atoms with Crippen molar-refractivity contribution in [1.82, 2.24) is 4.98 Å². The Kier molecular flexibility index (Phi) is 3.62. The predicted molar refractivity (Wildman–Crippen MR) is 66.3 cm³/mol. The Morgan fingerprint density at radius 1 is 1.44 bits per heavy atom. The van der Waals surface area contributed by atoms with Crippen LogP contribution < -0.4 is 5.32 Å². The van der Waals surface area contributed by atoms with Gasteiger partial charge in [0.25, 0.3) is 0 Å². The number of furan rings is 1. The Labute approximate surface area is 105 Å². The van der Waals surface area contributed by atoms with Crippen LogP contribution in [-0.2, 0) is 11.3 Å². The van der Waals surface area contributed by atoms with Crippen molar-refractivity contribution in [2.75, 3.05) is 12.4 Å². The number of rotatable bonds is 4. The topological polar surface area (TPSA) is 64.4 Å². The van der Waals surface area contributed by atoms with Gasteiger partial charge < -0.3 is 14.5 Å². The smallest absolute Gasteiger partial charge is 0.341 e. The highest BCUT2D eigenvalue weighted by Crippen LogP contribution is 2.14. The maximum absolute atomic E-state index is 11.5. The molecule has 0 aliphatic carbocycles. The van der Waals surface area contributed by atoms with Crippen LogP contribution in [0.1, 0.15) is 21.9 Å². The average Bonchev–Trinajstić information content (AvgIpc) is 2.81. The number of carbonyl (C=O) groups excluding carboxylic acids is 1. The fraction of sp³-hybridized carbons (Fsp3) is 0.231. The minimum absolute atomic E-state index is 0.406. The molecule has 2 aromatic heterocycles. The summed E-state index contributed by atoms with van der Waals surface area (Å²) in [7, 11) is 1.34. The Bertz CT molecular complexity index is 549. The second-order valence-corrected chi connectivity index (χ2v) is 3.76. The number of nitrogens with one attached hydrogen (secondary N) is 1. The summed E-state index contributed by atoms with van der Waals surface area (Å²) in [5, 5.41) is 3.05. The summed E-state index contributed by atoms with van der Waals surface area (Å²) in [5.41, 5.74) is 0.406. The molecule has 0 radical (unpaired) electrons. The Hall–Kier alpha value is -2.30. The maximum atomic E-state index is 11.5. The molecule has 0 aliphatic heterocycles. The van der Waals surface area contributed by atoms with Crippen molar-refractivity contribution < 1.29 is 13.9 Å². The minimum atomic E-state index is -0.416. The molecule has 0 spiro atoms. The molecule has 94 valence electrons. The van der Waals surface area contributed by atoms with Gasteiger partial charge in [-0.3, -0.25) is 0 Å². The van der Waals surface area contributed by atoms with Crippen LogP contribution in [0.3, 0.4) is 0 Å². The molecule has 0 saturated carbocycles. The molecule has 5 nitrogen and oxygen atoms in total. The van der Waals surface area contributed by atoms with Crippen LogP contribution in [-0.4, -0.2) is 18.1 Å². The SMILES string of the molecule is COC(=O)c1cccnc1NCc1ccc(C)o1. The number of hydrogen-bond acceptors (Lipinski definition) is 5. The van der Waals surface area contributed by atoms with Crippen LogP contribution in [0.5, 0.6) is 0 Å². The van der Waals surface area contributed by atoms with E-state index in [0.29, 0.717) is 17.9 Å². The van der Waals surface area contributed by atoms with Gasteiger partial charge in [0.1, 0.15) is 22.9 Å². The summed E-state index contributed by atoms with van der Waals surface area (Å²) in [6.07, 6.45) is 1.61. The number of methoxy groups -OCH3 is 1. The number of carbonyl (C=O) groups is 1. The second-order valence-electron chi connectivity index (χ2n) is 3.76. The molecule has 0 fully saturated rings. The van der Waals surface area contributed by atoms with E-state index in [4.69, 9.17) is 9.15 Å². The molecule has 5 heteroatoms. The first-order chi connectivity index (χ1) is 8.70. The summed E-state index contributed by atoms with van der Waals surface area (Å²) in [6, 6.07) is 7.11. The van der Waals surface area contributed by atoms with Gasteiger partial charge >= 0.3 is 5.97 Å². The zero-order valence-electron chi connectivity index (χ0n) is 10.3.